The third-order valence-electron chi connectivity index (χ3n) is 3.28. The normalized spacial score (nSPS) is 18.4. The molecule has 3 N–H and O–H groups in total. The number of amides is 2. The van der Waals surface area contributed by atoms with E-state index in [-0.39, 0.29) is 25.0 Å². The van der Waals surface area contributed by atoms with Crippen molar-refractivity contribution in [3.63, 3.8) is 0 Å². The maximum Gasteiger partial charge on any atom is 0.317 e. The molecule has 1 rings (SSSR count). The van der Waals surface area contributed by atoms with Gasteiger partial charge in [-0.3, -0.25) is 4.79 Å². The van der Waals surface area contributed by atoms with Crippen molar-refractivity contribution < 1.29 is 19.8 Å². The van der Waals surface area contributed by atoms with Crippen molar-refractivity contribution in [3.8, 4) is 0 Å². The van der Waals surface area contributed by atoms with Crippen LogP contribution in [-0.4, -0.2) is 53.4 Å². The van der Waals surface area contributed by atoms with E-state index in [2.05, 4.69) is 5.32 Å². The number of hydrogen-bond acceptors (Lipinski definition) is 3. The van der Waals surface area contributed by atoms with Crippen molar-refractivity contribution in [2.24, 2.45) is 11.8 Å². The highest BCUT2D eigenvalue weighted by Crippen LogP contribution is 2.16. The van der Waals surface area contributed by atoms with Crippen LogP contribution in [0, 0.1) is 11.8 Å². The van der Waals surface area contributed by atoms with Gasteiger partial charge in [0.2, 0.25) is 0 Å². The lowest BCUT2D eigenvalue weighted by Gasteiger charge is -2.31. The molecule has 6 nitrogen and oxygen atoms in total. The van der Waals surface area contributed by atoms with E-state index in [1.165, 1.54) is 0 Å². The Morgan fingerprint density at radius 3 is 2.50 bits per heavy atom. The summed E-state index contributed by atoms with van der Waals surface area (Å²) >= 11 is 0. The summed E-state index contributed by atoms with van der Waals surface area (Å²) in [4.78, 5) is 24.0. The molecule has 1 aliphatic rings. The van der Waals surface area contributed by atoms with Crippen LogP contribution in [0.4, 0.5) is 4.79 Å². The lowest BCUT2D eigenvalue weighted by atomic mass is 9.98. The summed E-state index contributed by atoms with van der Waals surface area (Å²) < 4.78 is 0. The Hall–Kier alpha value is -1.30. The predicted molar refractivity (Wildman–Crippen MR) is 66.2 cm³/mol. The van der Waals surface area contributed by atoms with Crippen molar-refractivity contribution in [1.82, 2.24) is 10.2 Å². The van der Waals surface area contributed by atoms with Gasteiger partial charge in [0.15, 0.2) is 0 Å². The first-order valence-corrected chi connectivity index (χ1v) is 6.38. The van der Waals surface area contributed by atoms with Gasteiger partial charge in [0, 0.05) is 32.7 Å². The second-order valence-electron chi connectivity index (χ2n) is 5.00. The van der Waals surface area contributed by atoms with E-state index in [1.807, 2.05) is 0 Å². The fraction of sp³-hybridized carbons (Fsp3) is 0.833. The lowest BCUT2D eigenvalue weighted by molar-refractivity contribution is -0.137. The summed E-state index contributed by atoms with van der Waals surface area (Å²) in [5.41, 5.74) is 0. The molecule has 104 valence electrons. The number of carbonyl (C=O) groups is 2. The summed E-state index contributed by atoms with van der Waals surface area (Å²) in [5.74, 6) is -0.609. The van der Waals surface area contributed by atoms with E-state index in [0.29, 0.717) is 25.6 Å². The SMILES string of the molecule is CC(CNC(=O)N1CCC(CO)CC1)CC(=O)O. The monoisotopic (exact) mass is 258 g/mol. The first kappa shape index (κ1) is 14.8. The van der Waals surface area contributed by atoms with Gasteiger partial charge in [-0.25, -0.2) is 4.79 Å². The molecule has 6 heteroatoms. The Balaban J connectivity index is 2.23. The molecule has 0 aromatic carbocycles. The number of urea groups is 1. The van der Waals surface area contributed by atoms with Crippen LogP contribution in [0.1, 0.15) is 26.2 Å². The van der Waals surface area contributed by atoms with Gasteiger partial charge in [0.1, 0.15) is 0 Å². The Bertz CT molecular complexity index is 288. The zero-order chi connectivity index (χ0) is 13.5. The molecule has 0 saturated carbocycles. The minimum atomic E-state index is -0.847. The van der Waals surface area contributed by atoms with E-state index in [1.54, 1.807) is 11.8 Å². The molecular weight excluding hydrogens is 236 g/mol. The Kier molecular flexibility index (Phi) is 5.91. The van der Waals surface area contributed by atoms with Crippen LogP contribution in [-0.2, 0) is 4.79 Å². The van der Waals surface area contributed by atoms with Crippen molar-refractivity contribution in [2.75, 3.05) is 26.2 Å². The van der Waals surface area contributed by atoms with E-state index < -0.39 is 5.97 Å². The highest BCUT2D eigenvalue weighted by molar-refractivity contribution is 5.74. The molecule has 2 amide bonds. The van der Waals surface area contributed by atoms with Gasteiger partial charge in [-0.05, 0) is 24.7 Å². The summed E-state index contributed by atoms with van der Waals surface area (Å²) in [5, 5.41) is 20.4. The zero-order valence-corrected chi connectivity index (χ0v) is 10.8. The lowest BCUT2D eigenvalue weighted by Crippen LogP contribution is -2.46. The Morgan fingerprint density at radius 1 is 1.39 bits per heavy atom. The average molecular weight is 258 g/mol. The van der Waals surface area contributed by atoms with Crippen LogP contribution < -0.4 is 5.32 Å². The predicted octanol–water partition coefficient (Wildman–Crippen LogP) is 0.511. The highest BCUT2D eigenvalue weighted by Gasteiger charge is 2.22. The number of nitrogens with zero attached hydrogens (tertiary/aromatic N) is 1. The zero-order valence-electron chi connectivity index (χ0n) is 10.8. The highest BCUT2D eigenvalue weighted by atomic mass is 16.4. The molecule has 0 aromatic heterocycles. The summed E-state index contributed by atoms with van der Waals surface area (Å²) in [6.07, 6.45) is 1.72. The van der Waals surface area contributed by atoms with E-state index >= 15 is 0 Å². The van der Waals surface area contributed by atoms with Gasteiger partial charge in [-0.1, -0.05) is 6.92 Å². The smallest absolute Gasteiger partial charge is 0.317 e. The van der Waals surface area contributed by atoms with Crippen molar-refractivity contribution in [1.29, 1.82) is 0 Å². The topological polar surface area (TPSA) is 89.9 Å². The molecule has 1 saturated heterocycles. The molecule has 1 fully saturated rings. The van der Waals surface area contributed by atoms with Crippen LogP contribution in [0.3, 0.4) is 0 Å². The van der Waals surface area contributed by atoms with Crippen LogP contribution in [0.15, 0.2) is 0 Å². The standard InChI is InChI=1S/C12H22N2O4/c1-9(6-11(16)17)7-13-12(18)14-4-2-10(8-15)3-5-14/h9-10,15H,2-8H2,1H3,(H,13,18)(H,16,17). The average Bonchev–Trinajstić information content (AvgIpc) is 2.35. The van der Waals surface area contributed by atoms with Crippen LogP contribution in [0.2, 0.25) is 0 Å². The maximum atomic E-state index is 11.8. The summed E-state index contributed by atoms with van der Waals surface area (Å²) in [6, 6.07) is -0.136. The number of aliphatic hydroxyl groups is 1. The first-order chi connectivity index (χ1) is 8.52. The second-order valence-corrected chi connectivity index (χ2v) is 5.00. The van der Waals surface area contributed by atoms with Crippen molar-refractivity contribution in [3.05, 3.63) is 0 Å². The Morgan fingerprint density at radius 2 is 2.00 bits per heavy atom. The Labute approximate surface area is 107 Å². The van der Waals surface area contributed by atoms with Crippen LogP contribution >= 0.6 is 0 Å². The molecule has 0 aliphatic carbocycles. The van der Waals surface area contributed by atoms with Crippen molar-refractivity contribution >= 4 is 12.0 Å². The number of likely N-dealkylation sites (tertiary alicyclic amines) is 1. The van der Waals surface area contributed by atoms with Gasteiger partial charge in [0.25, 0.3) is 0 Å². The third kappa shape index (κ3) is 4.91. The fourth-order valence-electron chi connectivity index (χ4n) is 2.06. The van der Waals surface area contributed by atoms with Crippen molar-refractivity contribution in [2.45, 2.75) is 26.2 Å². The second kappa shape index (κ2) is 7.20. The molecule has 1 unspecified atom stereocenters. The third-order valence-corrected chi connectivity index (χ3v) is 3.28. The van der Waals surface area contributed by atoms with Gasteiger partial charge in [-0.15, -0.1) is 0 Å². The quantitative estimate of drug-likeness (QED) is 0.670. The number of aliphatic hydroxyl groups excluding tert-OH is 1. The molecule has 1 atom stereocenters. The summed E-state index contributed by atoms with van der Waals surface area (Å²) in [7, 11) is 0. The number of carboxylic acids is 1. The molecule has 1 aliphatic heterocycles. The van der Waals surface area contributed by atoms with E-state index in [9.17, 15) is 9.59 Å². The number of carboxylic acid groups (broad SMARTS) is 1. The first-order valence-electron chi connectivity index (χ1n) is 6.38. The van der Waals surface area contributed by atoms with E-state index in [0.717, 1.165) is 12.8 Å². The van der Waals surface area contributed by atoms with E-state index in [4.69, 9.17) is 10.2 Å². The van der Waals surface area contributed by atoms with Gasteiger partial charge in [0.05, 0.1) is 0 Å². The molecule has 1 heterocycles. The number of rotatable bonds is 5. The molecule has 0 bridgehead atoms. The van der Waals surface area contributed by atoms with Crippen LogP contribution in [0.25, 0.3) is 0 Å². The minimum Gasteiger partial charge on any atom is -0.481 e. The molecular formula is C12H22N2O4. The van der Waals surface area contributed by atoms with Gasteiger partial charge < -0.3 is 20.4 Å². The molecule has 18 heavy (non-hydrogen) atoms. The summed E-state index contributed by atoms with van der Waals surface area (Å²) in [6.45, 7) is 3.68. The number of aliphatic carboxylic acids is 1. The number of piperidine rings is 1. The van der Waals surface area contributed by atoms with Crippen LogP contribution in [0.5, 0.6) is 0 Å². The fourth-order valence-corrected chi connectivity index (χ4v) is 2.06. The number of carbonyl (C=O) groups excluding carboxylic acids is 1. The largest absolute Gasteiger partial charge is 0.481 e. The molecule has 0 aromatic rings. The molecule has 0 radical (unpaired) electrons. The minimum absolute atomic E-state index is 0.0624. The van der Waals surface area contributed by atoms with Gasteiger partial charge in [-0.2, -0.15) is 0 Å². The molecule has 0 spiro atoms. The maximum absolute atomic E-state index is 11.8. The van der Waals surface area contributed by atoms with Gasteiger partial charge >= 0.3 is 12.0 Å². The number of nitrogens with one attached hydrogen (secondary N) is 1. The number of hydrogen-bond donors (Lipinski definition) is 3.